The van der Waals surface area contributed by atoms with Crippen LogP contribution in [0.4, 0.5) is 0 Å². The standard InChI is InChI=1S/C22H39O4P/c1-6-8-10-12-14-18-19(15-13-11-9-7-2)21(26-27(23,24)25)17-16-20(18)22(3,4)5/h16-17H,6-15H2,1-5H3,(H2,23,24,25). The fourth-order valence-corrected chi connectivity index (χ4v) is 4.03. The van der Waals surface area contributed by atoms with Crippen molar-refractivity contribution >= 4 is 7.82 Å². The molecule has 0 fully saturated rings. The van der Waals surface area contributed by atoms with Crippen molar-refractivity contribution in [3.05, 3.63) is 28.8 Å². The van der Waals surface area contributed by atoms with Gasteiger partial charge in [-0.2, -0.15) is 0 Å². The summed E-state index contributed by atoms with van der Waals surface area (Å²) in [5, 5.41) is 0. The third kappa shape index (κ3) is 8.81. The highest BCUT2D eigenvalue weighted by molar-refractivity contribution is 7.46. The molecule has 0 unspecified atom stereocenters. The van der Waals surface area contributed by atoms with Crippen LogP contribution in [0.15, 0.2) is 12.1 Å². The maximum Gasteiger partial charge on any atom is 0.524 e. The molecule has 156 valence electrons. The lowest BCUT2D eigenvalue weighted by Crippen LogP contribution is -2.16. The lowest BCUT2D eigenvalue weighted by atomic mass is 9.79. The summed E-state index contributed by atoms with van der Waals surface area (Å²) in [5.41, 5.74) is 3.49. The number of hydrogen-bond donors (Lipinski definition) is 2. The van der Waals surface area contributed by atoms with Gasteiger partial charge in [0.2, 0.25) is 0 Å². The summed E-state index contributed by atoms with van der Waals surface area (Å²) < 4.78 is 16.6. The maximum atomic E-state index is 11.5. The molecule has 0 aliphatic rings. The SMILES string of the molecule is CCCCCCc1c(OP(=O)(O)O)ccc(C(C)(C)C)c1CCCCCC. The van der Waals surface area contributed by atoms with Crippen LogP contribution in [-0.2, 0) is 22.8 Å². The molecule has 0 aliphatic heterocycles. The highest BCUT2D eigenvalue weighted by atomic mass is 31.2. The van der Waals surface area contributed by atoms with E-state index in [0.29, 0.717) is 5.75 Å². The zero-order valence-electron chi connectivity index (χ0n) is 17.9. The lowest BCUT2D eigenvalue weighted by Gasteiger charge is -2.27. The van der Waals surface area contributed by atoms with Crippen molar-refractivity contribution in [3.8, 4) is 5.75 Å². The van der Waals surface area contributed by atoms with E-state index >= 15 is 0 Å². The minimum atomic E-state index is -4.57. The van der Waals surface area contributed by atoms with Gasteiger partial charge in [0, 0.05) is 0 Å². The summed E-state index contributed by atoms with van der Waals surface area (Å²) >= 11 is 0. The quantitative estimate of drug-likeness (QED) is 0.304. The Kier molecular flexibility index (Phi) is 10.1. The van der Waals surface area contributed by atoms with Crippen LogP contribution in [0.25, 0.3) is 0 Å². The molecule has 0 spiro atoms. The van der Waals surface area contributed by atoms with Gasteiger partial charge >= 0.3 is 7.82 Å². The molecule has 0 aromatic heterocycles. The van der Waals surface area contributed by atoms with Gasteiger partial charge in [0.1, 0.15) is 5.75 Å². The molecule has 0 saturated carbocycles. The van der Waals surface area contributed by atoms with E-state index < -0.39 is 7.82 Å². The average molecular weight is 399 g/mol. The first-order valence-corrected chi connectivity index (χ1v) is 12.0. The minimum Gasteiger partial charge on any atom is -0.404 e. The van der Waals surface area contributed by atoms with Crippen LogP contribution in [0.1, 0.15) is 103 Å². The fraction of sp³-hybridized carbons (Fsp3) is 0.727. The average Bonchev–Trinajstić information content (AvgIpc) is 2.54. The zero-order valence-corrected chi connectivity index (χ0v) is 18.8. The molecule has 0 aliphatic carbocycles. The van der Waals surface area contributed by atoms with Crippen LogP contribution in [0, 0.1) is 0 Å². The molecule has 0 radical (unpaired) electrons. The van der Waals surface area contributed by atoms with E-state index in [9.17, 15) is 14.4 Å². The smallest absolute Gasteiger partial charge is 0.404 e. The molecule has 5 heteroatoms. The Morgan fingerprint density at radius 2 is 1.37 bits per heavy atom. The summed E-state index contributed by atoms with van der Waals surface area (Å²) in [6.45, 7) is 11.0. The third-order valence-electron chi connectivity index (χ3n) is 4.97. The van der Waals surface area contributed by atoms with Crippen LogP contribution in [0.5, 0.6) is 5.75 Å². The van der Waals surface area contributed by atoms with Gasteiger partial charge in [-0.25, -0.2) is 4.57 Å². The summed E-state index contributed by atoms with van der Waals surface area (Å²) in [6, 6.07) is 3.75. The molecule has 0 saturated heterocycles. The number of phosphoric acid groups is 1. The van der Waals surface area contributed by atoms with Crippen molar-refractivity contribution in [2.75, 3.05) is 0 Å². The van der Waals surface area contributed by atoms with Crippen LogP contribution >= 0.6 is 7.82 Å². The van der Waals surface area contributed by atoms with Gasteiger partial charge in [-0.3, -0.25) is 9.79 Å². The molecule has 1 aromatic rings. The Hall–Kier alpha value is -0.830. The molecule has 0 bridgehead atoms. The lowest BCUT2D eigenvalue weighted by molar-refractivity contribution is 0.282. The van der Waals surface area contributed by atoms with Crippen molar-refractivity contribution in [3.63, 3.8) is 0 Å². The number of rotatable bonds is 12. The first-order valence-electron chi connectivity index (χ1n) is 10.5. The molecular formula is C22H39O4P. The van der Waals surface area contributed by atoms with Crippen molar-refractivity contribution in [2.45, 2.75) is 104 Å². The van der Waals surface area contributed by atoms with Crippen LogP contribution in [0.2, 0.25) is 0 Å². The van der Waals surface area contributed by atoms with E-state index in [1.807, 2.05) is 6.07 Å². The Labute approximate surface area is 166 Å². The van der Waals surface area contributed by atoms with Gasteiger partial charge in [-0.05, 0) is 53.9 Å². The monoisotopic (exact) mass is 398 g/mol. The zero-order chi connectivity index (χ0) is 20.5. The van der Waals surface area contributed by atoms with Crippen LogP contribution < -0.4 is 4.52 Å². The van der Waals surface area contributed by atoms with Gasteiger partial charge in [0.25, 0.3) is 0 Å². The largest absolute Gasteiger partial charge is 0.524 e. The predicted molar refractivity (Wildman–Crippen MR) is 114 cm³/mol. The second kappa shape index (κ2) is 11.2. The minimum absolute atomic E-state index is 0.0150. The summed E-state index contributed by atoms with van der Waals surface area (Å²) in [6.07, 6.45) is 10.9. The topological polar surface area (TPSA) is 66.8 Å². The van der Waals surface area contributed by atoms with Gasteiger partial charge in [-0.1, -0.05) is 79.2 Å². The highest BCUT2D eigenvalue weighted by Crippen LogP contribution is 2.43. The predicted octanol–water partition coefficient (Wildman–Crippen LogP) is 6.70. The Morgan fingerprint density at radius 3 is 1.81 bits per heavy atom. The number of benzene rings is 1. The van der Waals surface area contributed by atoms with Gasteiger partial charge in [-0.15, -0.1) is 0 Å². The second-order valence-corrected chi connectivity index (χ2v) is 9.69. The highest BCUT2D eigenvalue weighted by Gasteiger charge is 2.25. The summed E-state index contributed by atoms with van der Waals surface area (Å²) in [5.74, 6) is 0.360. The Morgan fingerprint density at radius 1 is 0.852 bits per heavy atom. The summed E-state index contributed by atoms with van der Waals surface area (Å²) in [4.78, 5) is 18.7. The van der Waals surface area contributed by atoms with E-state index in [4.69, 9.17) is 4.52 Å². The third-order valence-corrected chi connectivity index (χ3v) is 5.41. The molecule has 0 heterocycles. The van der Waals surface area contributed by atoms with E-state index in [1.54, 1.807) is 6.07 Å². The molecule has 4 nitrogen and oxygen atoms in total. The molecule has 0 atom stereocenters. The fourth-order valence-electron chi connectivity index (χ4n) is 3.60. The van der Waals surface area contributed by atoms with Crippen molar-refractivity contribution < 1.29 is 18.9 Å². The number of phosphoric ester groups is 1. The van der Waals surface area contributed by atoms with Crippen molar-refractivity contribution in [1.82, 2.24) is 0 Å². The van der Waals surface area contributed by atoms with E-state index in [2.05, 4.69) is 34.6 Å². The van der Waals surface area contributed by atoms with Crippen molar-refractivity contribution in [1.29, 1.82) is 0 Å². The molecule has 0 amide bonds. The molecule has 1 rings (SSSR count). The molecule has 1 aromatic carbocycles. The number of hydrogen-bond acceptors (Lipinski definition) is 2. The van der Waals surface area contributed by atoms with Gasteiger partial charge < -0.3 is 4.52 Å². The second-order valence-electron chi connectivity index (χ2n) is 8.52. The van der Waals surface area contributed by atoms with E-state index in [0.717, 1.165) is 44.1 Å². The van der Waals surface area contributed by atoms with Gasteiger partial charge in [0.05, 0.1) is 0 Å². The number of unbranched alkanes of at least 4 members (excludes halogenated alkanes) is 6. The Balaban J connectivity index is 3.28. The molecule has 27 heavy (non-hydrogen) atoms. The normalized spacial score (nSPS) is 12.4. The summed E-state index contributed by atoms with van der Waals surface area (Å²) in [7, 11) is -4.57. The van der Waals surface area contributed by atoms with E-state index in [1.165, 1.54) is 36.8 Å². The van der Waals surface area contributed by atoms with Crippen LogP contribution in [0.3, 0.4) is 0 Å². The maximum absolute atomic E-state index is 11.5. The Bertz CT molecular complexity index is 613. The van der Waals surface area contributed by atoms with Crippen LogP contribution in [-0.4, -0.2) is 9.79 Å². The molecule has 2 N–H and O–H groups in total. The first kappa shape index (κ1) is 24.2. The van der Waals surface area contributed by atoms with E-state index in [-0.39, 0.29) is 5.41 Å². The molecular weight excluding hydrogens is 359 g/mol. The van der Waals surface area contributed by atoms with Gasteiger partial charge in [0.15, 0.2) is 0 Å². The van der Waals surface area contributed by atoms with Crippen molar-refractivity contribution in [2.24, 2.45) is 0 Å². The first-order chi connectivity index (χ1) is 12.6.